The first kappa shape index (κ1) is 31.9. The Balaban J connectivity index is 1.33. The Kier molecular flexibility index (Phi) is 8.73. The zero-order valence-electron chi connectivity index (χ0n) is 25.5. The fourth-order valence-electron chi connectivity index (χ4n) is 5.54. The number of methoxy groups -OCH3 is 1. The Morgan fingerprint density at radius 3 is 2.43 bits per heavy atom. The number of amides is 2. The Bertz CT molecular complexity index is 1710. The van der Waals surface area contributed by atoms with Crippen LogP contribution >= 0.6 is 0 Å². The SMILES string of the molecule is CO[C@@H](C)CNCc1cc(C(=O)Nc2cc(-c3ccc(C(F)F)cc3C(=O)N3CC(F)(F)C3)cc(C3CC3)n2)c(=O)n(C2CC2)c1. The maximum atomic E-state index is 13.6. The zero-order valence-corrected chi connectivity index (χ0v) is 25.5. The van der Waals surface area contributed by atoms with Gasteiger partial charge in [0.15, 0.2) is 0 Å². The summed E-state index contributed by atoms with van der Waals surface area (Å²) in [4.78, 5) is 45.8. The summed E-state index contributed by atoms with van der Waals surface area (Å²) in [6, 6.07) is 8.37. The topological polar surface area (TPSA) is 106 Å². The van der Waals surface area contributed by atoms with Crippen LogP contribution in [0.2, 0.25) is 0 Å². The molecule has 3 aromatic rings. The monoisotopic (exact) mass is 641 g/mol. The molecule has 3 fully saturated rings. The van der Waals surface area contributed by atoms with Crippen molar-refractivity contribution in [2.24, 2.45) is 0 Å². The average molecular weight is 642 g/mol. The van der Waals surface area contributed by atoms with E-state index in [1.165, 1.54) is 18.2 Å². The summed E-state index contributed by atoms with van der Waals surface area (Å²) in [6.45, 7) is 1.31. The lowest BCUT2D eigenvalue weighted by Gasteiger charge is -2.39. The van der Waals surface area contributed by atoms with Gasteiger partial charge in [-0.1, -0.05) is 12.1 Å². The molecule has 9 nitrogen and oxygen atoms in total. The van der Waals surface area contributed by atoms with Crippen LogP contribution in [0, 0.1) is 0 Å². The van der Waals surface area contributed by atoms with E-state index in [9.17, 15) is 31.9 Å². The third kappa shape index (κ3) is 7.00. The van der Waals surface area contributed by atoms with Crippen molar-refractivity contribution >= 4 is 17.6 Å². The number of benzene rings is 1. The highest BCUT2D eigenvalue weighted by molar-refractivity contribution is 6.05. The van der Waals surface area contributed by atoms with Crippen LogP contribution < -0.4 is 16.2 Å². The third-order valence-electron chi connectivity index (χ3n) is 8.50. The lowest BCUT2D eigenvalue weighted by molar-refractivity contribution is -0.113. The molecule has 1 aromatic carbocycles. The summed E-state index contributed by atoms with van der Waals surface area (Å²) < 4.78 is 61.3. The summed E-state index contributed by atoms with van der Waals surface area (Å²) in [5.74, 6) is -4.27. The van der Waals surface area contributed by atoms with E-state index in [0.29, 0.717) is 24.3 Å². The van der Waals surface area contributed by atoms with Gasteiger partial charge in [-0.3, -0.25) is 14.4 Å². The number of nitrogens with one attached hydrogen (secondary N) is 2. The number of carbonyl (C=O) groups excluding carboxylic acids is 2. The van der Waals surface area contributed by atoms with Gasteiger partial charge in [-0.15, -0.1) is 0 Å². The number of aromatic nitrogens is 2. The van der Waals surface area contributed by atoms with Crippen LogP contribution in [-0.4, -0.2) is 65.0 Å². The molecular formula is C33H35F4N5O4. The number of halogens is 4. The Morgan fingerprint density at radius 2 is 1.80 bits per heavy atom. The van der Waals surface area contributed by atoms with E-state index in [1.54, 1.807) is 30.0 Å². The van der Waals surface area contributed by atoms with Crippen LogP contribution in [0.1, 0.15) is 88.5 Å². The number of hydrogen-bond donors (Lipinski definition) is 2. The molecule has 3 heterocycles. The van der Waals surface area contributed by atoms with Crippen molar-refractivity contribution in [1.29, 1.82) is 0 Å². The second kappa shape index (κ2) is 12.6. The van der Waals surface area contributed by atoms with Gasteiger partial charge in [-0.05, 0) is 73.6 Å². The van der Waals surface area contributed by atoms with E-state index in [1.807, 2.05) is 6.92 Å². The van der Waals surface area contributed by atoms with Crippen molar-refractivity contribution in [2.75, 3.05) is 32.1 Å². The number of anilines is 1. The lowest BCUT2D eigenvalue weighted by atomic mass is 9.95. The first-order valence-corrected chi connectivity index (χ1v) is 15.3. The molecule has 1 aliphatic heterocycles. The molecule has 3 aliphatic rings. The molecule has 13 heteroatoms. The van der Waals surface area contributed by atoms with Gasteiger partial charge in [-0.25, -0.2) is 22.5 Å². The summed E-state index contributed by atoms with van der Waals surface area (Å²) in [5, 5.41) is 6.01. The molecule has 244 valence electrons. The second-order valence-corrected chi connectivity index (χ2v) is 12.4. The van der Waals surface area contributed by atoms with Crippen LogP contribution in [0.5, 0.6) is 0 Å². The van der Waals surface area contributed by atoms with Gasteiger partial charge in [0.05, 0.1) is 19.2 Å². The Hall–Kier alpha value is -4.10. The van der Waals surface area contributed by atoms with Gasteiger partial charge in [0.25, 0.3) is 29.7 Å². The predicted molar refractivity (Wildman–Crippen MR) is 163 cm³/mol. The fraction of sp³-hybridized carbons (Fsp3) is 0.455. The van der Waals surface area contributed by atoms with Gasteiger partial charge in [-0.2, -0.15) is 0 Å². The van der Waals surface area contributed by atoms with Crippen molar-refractivity contribution in [3.63, 3.8) is 0 Å². The summed E-state index contributed by atoms with van der Waals surface area (Å²) >= 11 is 0. The van der Waals surface area contributed by atoms with E-state index in [4.69, 9.17) is 4.74 Å². The molecule has 2 aliphatic carbocycles. The molecule has 2 N–H and O–H groups in total. The normalized spacial score (nSPS) is 17.9. The molecule has 0 spiro atoms. The second-order valence-electron chi connectivity index (χ2n) is 12.4. The number of pyridine rings is 2. The van der Waals surface area contributed by atoms with Gasteiger partial charge in [0.1, 0.15) is 11.4 Å². The molecule has 6 rings (SSSR count). The highest BCUT2D eigenvalue weighted by Crippen LogP contribution is 2.42. The van der Waals surface area contributed by atoms with Crippen LogP contribution in [0.3, 0.4) is 0 Å². The molecule has 2 amide bonds. The first-order chi connectivity index (χ1) is 21.9. The predicted octanol–water partition coefficient (Wildman–Crippen LogP) is 5.53. The smallest absolute Gasteiger partial charge is 0.282 e. The van der Waals surface area contributed by atoms with Crippen molar-refractivity contribution in [3.05, 3.63) is 80.9 Å². The highest BCUT2D eigenvalue weighted by Gasteiger charge is 2.47. The molecular weight excluding hydrogens is 606 g/mol. The van der Waals surface area contributed by atoms with E-state index in [0.717, 1.165) is 42.2 Å². The summed E-state index contributed by atoms with van der Waals surface area (Å²) in [7, 11) is 1.62. The maximum Gasteiger partial charge on any atom is 0.282 e. The Labute approximate surface area is 263 Å². The van der Waals surface area contributed by atoms with E-state index < -0.39 is 48.4 Å². The molecule has 1 saturated heterocycles. The minimum absolute atomic E-state index is 0.0228. The molecule has 0 unspecified atom stereocenters. The van der Waals surface area contributed by atoms with Gasteiger partial charge >= 0.3 is 0 Å². The van der Waals surface area contributed by atoms with Crippen molar-refractivity contribution < 1.29 is 31.9 Å². The molecule has 2 aromatic heterocycles. The number of hydrogen-bond acceptors (Lipinski definition) is 6. The van der Waals surface area contributed by atoms with E-state index in [-0.39, 0.29) is 40.6 Å². The summed E-state index contributed by atoms with van der Waals surface area (Å²) in [6.07, 6.45) is 2.26. The van der Waals surface area contributed by atoms with Gasteiger partial charge in [0, 0.05) is 55.2 Å². The lowest BCUT2D eigenvalue weighted by Crippen LogP contribution is -2.58. The number of rotatable bonds is 12. The van der Waals surface area contributed by atoms with Crippen molar-refractivity contribution in [3.8, 4) is 11.1 Å². The zero-order chi connectivity index (χ0) is 32.7. The largest absolute Gasteiger partial charge is 0.380 e. The Morgan fingerprint density at radius 1 is 1.07 bits per heavy atom. The number of nitrogens with zero attached hydrogens (tertiary/aromatic N) is 3. The fourth-order valence-corrected chi connectivity index (χ4v) is 5.54. The molecule has 0 bridgehead atoms. The van der Waals surface area contributed by atoms with Crippen LogP contribution in [0.4, 0.5) is 23.4 Å². The first-order valence-electron chi connectivity index (χ1n) is 15.3. The number of carbonyl (C=O) groups is 2. The van der Waals surface area contributed by atoms with Gasteiger partial charge in [0.2, 0.25) is 0 Å². The van der Waals surface area contributed by atoms with E-state index in [2.05, 4.69) is 15.6 Å². The molecule has 1 atom stereocenters. The summed E-state index contributed by atoms with van der Waals surface area (Å²) in [5.41, 5.74) is 0.996. The average Bonchev–Trinajstić information content (AvgIpc) is 3.93. The minimum Gasteiger partial charge on any atom is -0.380 e. The molecule has 46 heavy (non-hydrogen) atoms. The molecule has 0 radical (unpaired) electrons. The maximum absolute atomic E-state index is 13.6. The van der Waals surface area contributed by atoms with Crippen molar-refractivity contribution in [1.82, 2.24) is 19.8 Å². The van der Waals surface area contributed by atoms with Crippen LogP contribution in [0.15, 0.2) is 47.4 Å². The standard InChI is InChI=1S/C33H35F4N5O4/c1-18(46-2)13-38-14-19-9-26(32(45)42(15-19)23-6-7-23)30(43)40-28-12-22(11-27(39-28)20-3-4-20)24-8-5-21(29(34)35)10-25(24)31(44)41-16-33(36,37)17-41/h5,8-12,15,18,20,23,29,38H,3-4,6-7,13-14,16-17H2,1-2H3,(H,39,40,43)/t18-/m0/s1. The molecule has 2 saturated carbocycles. The number of alkyl halides is 4. The van der Waals surface area contributed by atoms with E-state index >= 15 is 0 Å². The highest BCUT2D eigenvalue weighted by atomic mass is 19.3. The number of ether oxygens (including phenoxy) is 1. The quantitative estimate of drug-likeness (QED) is 0.252. The van der Waals surface area contributed by atoms with Crippen molar-refractivity contribution in [2.45, 2.75) is 69.6 Å². The van der Waals surface area contributed by atoms with Gasteiger partial charge < -0.3 is 24.8 Å². The third-order valence-corrected chi connectivity index (χ3v) is 8.50. The van der Waals surface area contributed by atoms with Crippen LogP contribution in [-0.2, 0) is 11.3 Å². The minimum atomic E-state index is -3.03. The van der Waals surface area contributed by atoms with Crippen LogP contribution in [0.25, 0.3) is 11.1 Å². The number of likely N-dealkylation sites (tertiary alicyclic amines) is 1.